The van der Waals surface area contributed by atoms with E-state index in [1.165, 1.54) is 10.5 Å². The number of likely N-dealkylation sites (N-methyl/N-ethyl adjacent to an activating group) is 1. The van der Waals surface area contributed by atoms with E-state index in [1.54, 1.807) is 7.05 Å². The van der Waals surface area contributed by atoms with Gasteiger partial charge in [-0.15, -0.1) is 0 Å². The van der Waals surface area contributed by atoms with Gasteiger partial charge in [-0.3, -0.25) is 9.59 Å². The molecule has 4 heteroatoms. The van der Waals surface area contributed by atoms with Gasteiger partial charge in [-0.25, -0.2) is 0 Å². The Balaban J connectivity index is 1.92. The van der Waals surface area contributed by atoms with Crippen LogP contribution in [0.3, 0.4) is 0 Å². The highest BCUT2D eigenvalue weighted by Crippen LogP contribution is 2.12. The van der Waals surface area contributed by atoms with Crippen LogP contribution in [0.25, 0.3) is 0 Å². The van der Waals surface area contributed by atoms with Crippen molar-refractivity contribution in [2.24, 2.45) is 5.92 Å². The number of hydrogen-bond donors (Lipinski definition) is 1. The molecule has 0 aromatic heterocycles. The van der Waals surface area contributed by atoms with Crippen LogP contribution in [0.15, 0.2) is 48.5 Å². The summed E-state index contributed by atoms with van der Waals surface area (Å²) in [5.74, 6) is 0.209. The highest BCUT2D eigenvalue weighted by atomic mass is 16.2. The summed E-state index contributed by atoms with van der Waals surface area (Å²) in [5.41, 5.74) is 3.67. The zero-order valence-electron chi connectivity index (χ0n) is 15.4. The van der Waals surface area contributed by atoms with Crippen LogP contribution < -0.4 is 5.32 Å². The quantitative estimate of drug-likeness (QED) is 0.868. The minimum Gasteiger partial charge on any atom is -0.332 e. The van der Waals surface area contributed by atoms with E-state index in [2.05, 4.69) is 19.2 Å². The average molecular weight is 338 g/mol. The van der Waals surface area contributed by atoms with Crippen molar-refractivity contribution < 1.29 is 9.59 Å². The van der Waals surface area contributed by atoms with Crippen LogP contribution in [0.2, 0.25) is 0 Å². The van der Waals surface area contributed by atoms with Gasteiger partial charge in [-0.2, -0.15) is 0 Å². The number of nitrogens with zero attached hydrogens (tertiary/aromatic N) is 1. The van der Waals surface area contributed by atoms with E-state index in [4.69, 9.17) is 0 Å². The van der Waals surface area contributed by atoms with Crippen molar-refractivity contribution in [3.05, 3.63) is 65.2 Å². The van der Waals surface area contributed by atoms with E-state index >= 15 is 0 Å². The lowest BCUT2D eigenvalue weighted by Gasteiger charge is -2.17. The molecule has 25 heavy (non-hydrogen) atoms. The SMILES string of the molecule is Cc1ccc(NC(=O)CN(C)C(=O)c2ccc(CC(C)C)cc2)cc1. The molecule has 2 aromatic carbocycles. The first-order valence-electron chi connectivity index (χ1n) is 8.56. The van der Waals surface area contributed by atoms with Crippen LogP contribution in [0, 0.1) is 12.8 Å². The summed E-state index contributed by atoms with van der Waals surface area (Å²) in [7, 11) is 1.64. The first kappa shape index (κ1) is 18.7. The molecule has 0 aliphatic heterocycles. The van der Waals surface area contributed by atoms with Crippen LogP contribution in [0.5, 0.6) is 0 Å². The topological polar surface area (TPSA) is 49.4 Å². The summed E-state index contributed by atoms with van der Waals surface area (Å²) in [6.45, 7) is 6.34. The molecule has 0 bridgehead atoms. The van der Waals surface area contributed by atoms with Gasteiger partial charge in [0.05, 0.1) is 6.54 Å². The predicted octanol–water partition coefficient (Wildman–Crippen LogP) is 3.90. The molecule has 0 saturated heterocycles. The molecule has 0 radical (unpaired) electrons. The van der Waals surface area contributed by atoms with Gasteiger partial charge in [-0.05, 0) is 49.1 Å². The molecule has 2 aromatic rings. The fourth-order valence-electron chi connectivity index (χ4n) is 2.60. The fourth-order valence-corrected chi connectivity index (χ4v) is 2.60. The van der Waals surface area contributed by atoms with E-state index in [1.807, 2.05) is 55.5 Å². The van der Waals surface area contributed by atoms with Gasteiger partial charge in [0.2, 0.25) is 5.91 Å². The van der Waals surface area contributed by atoms with Crippen molar-refractivity contribution in [2.45, 2.75) is 27.2 Å². The number of benzene rings is 2. The fraction of sp³-hybridized carbons (Fsp3) is 0.333. The minimum absolute atomic E-state index is 0.0143. The lowest BCUT2D eigenvalue weighted by Crippen LogP contribution is -2.34. The van der Waals surface area contributed by atoms with E-state index in [0.29, 0.717) is 11.5 Å². The molecular weight excluding hydrogens is 312 g/mol. The summed E-state index contributed by atoms with van der Waals surface area (Å²) < 4.78 is 0. The van der Waals surface area contributed by atoms with Crippen LogP contribution in [0.4, 0.5) is 5.69 Å². The molecule has 0 saturated carbocycles. The summed E-state index contributed by atoms with van der Waals surface area (Å²) in [6, 6.07) is 15.2. The standard InChI is InChI=1S/C21H26N2O2/c1-15(2)13-17-7-9-18(10-8-17)21(25)23(4)14-20(24)22-19-11-5-16(3)6-12-19/h5-12,15H,13-14H2,1-4H3,(H,22,24). The lowest BCUT2D eigenvalue weighted by atomic mass is 10.0. The van der Waals surface area contributed by atoms with Crippen LogP contribution in [-0.4, -0.2) is 30.3 Å². The Morgan fingerprint density at radius 3 is 2.16 bits per heavy atom. The highest BCUT2D eigenvalue weighted by Gasteiger charge is 2.15. The number of aryl methyl sites for hydroxylation is 1. The second kappa shape index (κ2) is 8.47. The first-order valence-corrected chi connectivity index (χ1v) is 8.56. The van der Waals surface area contributed by atoms with E-state index < -0.39 is 0 Å². The number of amides is 2. The number of carbonyl (C=O) groups excluding carboxylic acids is 2. The number of nitrogens with one attached hydrogen (secondary N) is 1. The molecule has 132 valence electrons. The molecule has 0 fully saturated rings. The molecule has 0 heterocycles. The van der Waals surface area contributed by atoms with Crippen molar-refractivity contribution in [1.82, 2.24) is 4.90 Å². The first-order chi connectivity index (χ1) is 11.8. The van der Waals surface area contributed by atoms with E-state index in [0.717, 1.165) is 17.7 Å². The Hall–Kier alpha value is -2.62. The maximum absolute atomic E-state index is 12.5. The summed E-state index contributed by atoms with van der Waals surface area (Å²) >= 11 is 0. The normalized spacial score (nSPS) is 10.6. The van der Waals surface area contributed by atoms with Gasteiger partial charge < -0.3 is 10.2 Å². The molecule has 0 spiro atoms. The molecule has 0 unspecified atom stereocenters. The monoisotopic (exact) mass is 338 g/mol. The van der Waals surface area contributed by atoms with Gasteiger partial charge in [0.15, 0.2) is 0 Å². The number of carbonyl (C=O) groups is 2. The van der Waals surface area contributed by atoms with Crippen molar-refractivity contribution in [3.8, 4) is 0 Å². The number of hydrogen-bond acceptors (Lipinski definition) is 2. The third-order valence-corrected chi connectivity index (χ3v) is 3.91. The maximum atomic E-state index is 12.5. The van der Waals surface area contributed by atoms with Gasteiger partial charge in [0, 0.05) is 18.3 Å². The Labute approximate surface area is 149 Å². The van der Waals surface area contributed by atoms with Crippen LogP contribution in [0.1, 0.15) is 35.3 Å². The predicted molar refractivity (Wildman–Crippen MR) is 102 cm³/mol. The lowest BCUT2D eigenvalue weighted by molar-refractivity contribution is -0.116. The van der Waals surface area contributed by atoms with E-state index in [9.17, 15) is 9.59 Å². The largest absolute Gasteiger partial charge is 0.332 e. The van der Waals surface area contributed by atoms with Gasteiger partial charge in [0.1, 0.15) is 0 Å². The molecule has 4 nitrogen and oxygen atoms in total. The van der Waals surface area contributed by atoms with Crippen molar-refractivity contribution in [2.75, 3.05) is 18.9 Å². The maximum Gasteiger partial charge on any atom is 0.254 e. The highest BCUT2D eigenvalue weighted by molar-refractivity contribution is 5.99. The molecular formula is C21H26N2O2. The average Bonchev–Trinajstić information content (AvgIpc) is 2.56. The summed E-state index contributed by atoms with van der Waals surface area (Å²) in [5, 5.41) is 2.80. The van der Waals surface area contributed by atoms with Gasteiger partial charge in [-0.1, -0.05) is 43.7 Å². The van der Waals surface area contributed by atoms with Crippen molar-refractivity contribution in [3.63, 3.8) is 0 Å². The van der Waals surface area contributed by atoms with Gasteiger partial charge >= 0.3 is 0 Å². The molecule has 2 amide bonds. The van der Waals surface area contributed by atoms with Crippen molar-refractivity contribution in [1.29, 1.82) is 0 Å². The zero-order chi connectivity index (χ0) is 18.4. The third kappa shape index (κ3) is 5.75. The summed E-state index contributed by atoms with van der Waals surface area (Å²) in [6.07, 6.45) is 0.989. The smallest absolute Gasteiger partial charge is 0.254 e. The molecule has 0 aliphatic carbocycles. The van der Waals surface area contributed by atoms with Crippen LogP contribution in [-0.2, 0) is 11.2 Å². The van der Waals surface area contributed by atoms with E-state index in [-0.39, 0.29) is 18.4 Å². The second-order valence-corrected chi connectivity index (χ2v) is 6.87. The van der Waals surface area contributed by atoms with Crippen LogP contribution >= 0.6 is 0 Å². The Morgan fingerprint density at radius 2 is 1.60 bits per heavy atom. The molecule has 0 atom stereocenters. The number of anilines is 1. The Bertz CT molecular complexity index is 719. The molecule has 2 rings (SSSR count). The minimum atomic E-state index is -0.212. The zero-order valence-corrected chi connectivity index (χ0v) is 15.4. The summed E-state index contributed by atoms with van der Waals surface area (Å²) in [4.78, 5) is 26.0. The van der Waals surface area contributed by atoms with Gasteiger partial charge in [0.25, 0.3) is 5.91 Å². The third-order valence-electron chi connectivity index (χ3n) is 3.91. The Kier molecular flexibility index (Phi) is 6.34. The Morgan fingerprint density at radius 1 is 1.00 bits per heavy atom. The molecule has 1 N–H and O–H groups in total. The second-order valence-electron chi connectivity index (χ2n) is 6.87. The number of rotatable bonds is 6. The molecule has 0 aliphatic rings. The van der Waals surface area contributed by atoms with Crippen molar-refractivity contribution >= 4 is 17.5 Å².